The summed E-state index contributed by atoms with van der Waals surface area (Å²) in [5.74, 6) is 0.527. The third-order valence-electron chi connectivity index (χ3n) is 2.37. The number of nitrogens with zero attached hydrogens (tertiary/aromatic N) is 5. The lowest BCUT2D eigenvalue weighted by Gasteiger charge is -2.03. The molecule has 0 atom stereocenters. The number of benzene rings is 1. The maximum atomic E-state index is 5.86. The summed E-state index contributed by atoms with van der Waals surface area (Å²) in [5, 5.41) is 18.9. The van der Waals surface area contributed by atoms with Gasteiger partial charge in [-0.3, -0.25) is 0 Å². The first-order valence-corrected chi connectivity index (χ1v) is 6.44. The first-order chi connectivity index (χ1) is 8.75. The van der Waals surface area contributed by atoms with E-state index in [-0.39, 0.29) is 0 Å². The molecular weight excluding hydrogens is 367 g/mol. The van der Waals surface area contributed by atoms with E-state index in [1.165, 1.54) is 0 Å². The van der Waals surface area contributed by atoms with Crippen LogP contribution in [-0.2, 0) is 0 Å². The van der Waals surface area contributed by atoms with Crippen molar-refractivity contribution >= 4 is 34.2 Å². The van der Waals surface area contributed by atoms with Gasteiger partial charge in [-0.15, -0.1) is 10.2 Å². The van der Waals surface area contributed by atoms with Crippen LogP contribution in [0.2, 0.25) is 5.02 Å². The number of H-pyrrole nitrogens is 1. The third-order valence-corrected chi connectivity index (χ3v) is 3.66. The Morgan fingerprint density at radius 1 is 1.22 bits per heavy atom. The summed E-state index contributed by atoms with van der Waals surface area (Å²) in [4.78, 5) is 0. The van der Waals surface area contributed by atoms with Gasteiger partial charge in [-0.2, -0.15) is 10.3 Å². The number of aromatic nitrogens is 6. The molecule has 0 saturated heterocycles. The number of rotatable bonds is 2. The first-order valence-electron chi connectivity index (χ1n) is 4.99. The molecule has 1 N–H and O–H groups in total. The SMILES string of the molecule is Clc1ccc(-n2ncc(-c3nn[nH]n3)c2I)cc1. The van der Waals surface area contributed by atoms with Crippen molar-refractivity contribution in [2.75, 3.05) is 0 Å². The van der Waals surface area contributed by atoms with Crippen LogP contribution >= 0.6 is 34.2 Å². The summed E-state index contributed by atoms with van der Waals surface area (Å²) in [6, 6.07) is 7.44. The Morgan fingerprint density at radius 3 is 2.67 bits per heavy atom. The summed E-state index contributed by atoms with van der Waals surface area (Å²) >= 11 is 8.06. The van der Waals surface area contributed by atoms with E-state index in [1.54, 1.807) is 10.9 Å². The molecule has 1 aromatic carbocycles. The summed E-state index contributed by atoms with van der Waals surface area (Å²) in [6.45, 7) is 0. The fraction of sp³-hybridized carbons (Fsp3) is 0. The predicted octanol–water partition coefficient (Wildman–Crippen LogP) is 2.31. The molecule has 3 aromatic rings. The molecule has 0 aliphatic carbocycles. The molecule has 6 nitrogen and oxygen atoms in total. The van der Waals surface area contributed by atoms with Crippen molar-refractivity contribution in [1.29, 1.82) is 0 Å². The van der Waals surface area contributed by atoms with Gasteiger partial charge in [-0.1, -0.05) is 11.6 Å². The minimum Gasteiger partial charge on any atom is -0.227 e. The van der Waals surface area contributed by atoms with E-state index < -0.39 is 0 Å². The molecule has 0 saturated carbocycles. The molecule has 90 valence electrons. The predicted molar refractivity (Wildman–Crippen MR) is 74.5 cm³/mol. The molecule has 0 fully saturated rings. The van der Waals surface area contributed by atoms with E-state index in [0.717, 1.165) is 15.0 Å². The molecule has 0 amide bonds. The van der Waals surface area contributed by atoms with Gasteiger partial charge < -0.3 is 0 Å². The fourth-order valence-corrected chi connectivity index (χ4v) is 2.43. The Morgan fingerprint density at radius 2 is 2.00 bits per heavy atom. The smallest absolute Gasteiger partial charge is 0.208 e. The van der Waals surface area contributed by atoms with E-state index in [4.69, 9.17) is 11.6 Å². The second-order valence-electron chi connectivity index (χ2n) is 3.47. The lowest BCUT2D eigenvalue weighted by molar-refractivity contribution is 0.859. The van der Waals surface area contributed by atoms with E-state index in [0.29, 0.717) is 10.8 Å². The van der Waals surface area contributed by atoms with Gasteiger partial charge in [0.25, 0.3) is 0 Å². The van der Waals surface area contributed by atoms with Gasteiger partial charge in [0.1, 0.15) is 3.70 Å². The first kappa shape index (κ1) is 11.6. The zero-order valence-corrected chi connectivity index (χ0v) is 11.8. The monoisotopic (exact) mass is 372 g/mol. The van der Waals surface area contributed by atoms with Crippen molar-refractivity contribution in [3.8, 4) is 17.1 Å². The van der Waals surface area contributed by atoms with Gasteiger partial charge >= 0.3 is 0 Å². The van der Waals surface area contributed by atoms with Crippen LogP contribution in [0.25, 0.3) is 17.1 Å². The van der Waals surface area contributed by atoms with E-state index in [2.05, 4.69) is 48.3 Å². The van der Waals surface area contributed by atoms with E-state index >= 15 is 0 Å². The Bertz CT molecular complexity index is 660. The molecule has 18 heavy (non-hydrogen) atoms. The lowest BCUT2D eigenvalue weighted by Crippen LogP contribution is -1.98. The molecule has 2 aromatic heterocycles. The van der Waals surface area contributed by atoms with Crippen LogP contribution in [0.5, 0.6) is 0 Å². The molecule has 0 spiro atoms. The second kappa shape index (κ2) is 4.65. The number of halogens is 2. The molecule has 0 radical (unpaired) electrons. The quantitative estimate of drug-likeness (QED) is 0.701. The number of nitrogens with one attached hydrogen (secondary N) is 1. The second-order valence-corrected chi connectivity index (χ2v) is 4.93. The molecule has 2 heterocycles. The topological polar surface area (TPSA) is 72.3 Å². The molecule has 0 bridgehead atoms. The van der Waals surface area contributed by atoms with Crippen molar-refractivity contribution in [3.05, 3.63) is 39.2 Å². The summed E-state index contributed by atoms with van der Waals surface area (Å²) < 4.78 is 2.71. The average Bonchev–Trinajstić information content (AvgIpc) is 2.99. The summed E-state index contributed by atoms with van der Waals surface area (Å²) in [5.41, 5.74) is 1.76. The van der Waals surface area contributed by atoms with Crippen LogP contribution in [0.15, 0.2) is 30.5 Å². The molecule has 3 rings (SSSR count). The normalized spacial score (nSPS) is 10.8. The Hall–Kier alpha value is -1.48. The fourth-order valence-electron chi connectivity index (χ4n) is 1.52. The van der Waals surface area contributed by atoms with Crippen LogP contribution in [0.1, 0.15) is 0 Å². The largest absolute Gasteiger partial charge is 0.227 e. The van der Waals surface area contributed by atoms with Crippen molar-refractivity contribution in [1.82, 2.24) is 30.4 Å². The molecule has 0 unspecified atom stereocenters. The Labute approximate surface area is 120 Å². The van der Waals surface area contributed by atoms with Crippen molar-refractivity contribution in [2.45, 2.75) is 0 Å². The van der Waals surface area contributed by atoms with Crippen molar-refractivity contribution in [2.24, 2.45) is 0 Å². The van der Waals surface area contributed by atoms with Gasteiger partial charge in [0.05, 0.1) is 17.4 Å². The van der Waals surface area contributed by atoms with Crippen LogP contribution in [0, 0.1) is 3.70 Å². The Balaban J connectivity index is 2.07. The average molecular weight is 373 g/mol. The van der Waals surface area contributed by atoms with Crippen LogP contribution < -0.4 is 0 Å². The highest BCUT2D eigenvalue weighted by molar-refractivity contribution is 14.1. The van der Waals surface area contributed by atoms with E-state index in [9.17, 15) is 0 Å². The minimum absolute atomic E-state index is 0.527. The summed E-state index contributed by atoms with van der Waals surface area (Å²) in [6.07, 6.45) is 1.71. The van der Waals surface area contributed by atoms with Gasteiger partial charge in [-0.05, 0) is 52.1 Å². The number of aromatic amines is 1. The van der Waals surface area contributed by atoms with Crippen LogP contribution in [0.4, 0.5) is 0 Å². The zero-order valence-electron chi connectivity index (χ0n) is 8.88. The van der Waals surface area contributed by atoms with E-state index in [1.807, 2.05) is 24.3 Å². The van der Waals surface area contributed by atoms with Crippen LogP contribution in [0.3, 0.4) is 0 Å². The highest BCUT2D eigenvalue weighted by Crippen LogP contribution is 2.24. The molecular formula is C10H6ClIN6. The zero-order chi connectivity index (χ0) is 12.5. The van der Waals surface area contributed by atoms with Gasteiger partial charge in [0.15, 0.2) is 0 Å². The lowest BCUT2D eigenvalue weighted by atomic mass is 10.3. The van der Waals surface area contributed by atoms with Crippen LogP contribution in [-0.4, -0.2) is 30.4 Å². The summed E-state index contributed by atoms with van der Waals surface area (Å²) in [7, 11) is 0. The van der Waals surface area contributed by atoms with Gasteiger partial charge in [0.2, 0.25) is 5.82 Å². The highest BCUT2D eigenvalue weighted by atomic mass is 127. The highest BCUT2D eigenvalue weighted by Gasteiger charge is 2.14. The van der Waals surface area contributed by atoms with Gasteiger partial charge in [0, 0.05) is 5.02 Å². The van der Waals surface area contributed by atoms with Crippen molar-refractivity contribution < 1.29 is 0 Å². The van der Waals surface area contributed by atoms with Gasteiger partial charge in [-0.25, -0.2) is 4.68 Å². The molecule has 0 aliphatic rings. The number of hydrogen-bond acceptors (Lipinski definition) is 4. The maximum absolute atomic E-state index is 5.86. The molecule has 8 heteroatoms. The third kappa shape index (κ3) is 1.99. The number of tetrazole rings is 1. The number of hydrogen-bond donors (Lipinski definition) is 1. The standard InChI is InChI=1S/C10H6ClIN6/c11-6-1-3-7(4-2-6)18-9(12)8(5-13-18)10-14-16-17-15-10/h1-5H,(H,14,15,16,17). The Kier molecular flexibility index (Phi) is 3.00. The van der Waals surface area contributed by atoms with Crippen molar-refractivity contribution in [3.63, 3.8) is 0 Å². The minimum atomic E-state index is 0.527. The molecule has 0 aliphatic heterocycles. The maximum Gasteiger partial charge on any atom is 0.208 e.